The lowest BCUT2D eigenvalue weighted by atomic mass is 10.1. The van der Waals surface area contributed by atoms with Crippen molar-refractivity contribution in [2.75, 3.05) is 6.54 Å². The molecule has 0 spiro atoms. The lowest BCUT2D eigenvalue weighted by Gasteiger charge is -2.10. The summed E-state index contributed by atoms with van der Waals surface area (Å²) in [6.45, 7) is 9.07. The molecule has 1 aromatic carbocycles. The van der Waals surface area contributed by atoms with E-state index in [4.69, 9.17) is 4.74 Å². The SMILES string of the molecule is CC(C)NCCCC(=O)c1ccc(OC(C)C)cc1. The van der Waals surface area contributed by atoms with Crippen LogP contribution in [0.2, 0.25) is 0 Å². The van der Waals surface area contributed by atoms with Crippen molar-refractivity contribution in [3.63, 3.8) is 0 Å². The molecule has 3 heteroatoms. The second-order valence-electron chi connectivity index (χ2n) is 5.33. The predicted octanol–water partition coefficient (Wildman–Crippen LogP) is 3.43. The number of nitrogens with one attached hydrogen (secondary N) is 1. The first-order valence-corrected chi connectivity index (χ1v) is 7.02. The fourth-order valence-corrected chi connectivity index (χ4v) is 1.78. The molecular weight excluding hydrogens is 238 g/mol. The molecule has 0 bridgehead atoms. The summed E-state index contributed by atoms with van der Waals surface area (Å²) in [7, 11) is 0. The Morgan fingerprint density at radius 1 is 1.16 bits per heavy atom. The second-order valence-corrected chi connectivity index (χ2v) is 5.33. The molecule has 0 aliphatic heterocycles. The van der Waals surface area contributed by atoms with Gasteiger partial charge in [0.15, 0.2) is 5.78 Å². The van der Waals surface area contributed by atoms with Gasteiger partial charge in [0.1, 0.15) is 5.75 Å². The van der Waals surface area contributed by atoms with Gasteiger partial charge in [-0.1, -0.05) is 13.8 Å². The van der Waals surface area contributed by atoms with Gasteiger partial charge in [0.2, 0.25) is 0 Å². The minimum Gasteiger partial charge on any atom is -0.491 e. The van der Waals surface area contributed by atoms with Gasteiger partial charge in [-0.3, -0.25) is 4.79 Å². The number of rotatable bonds is 8. The number of carbonyl (C=O) groups excluding carboxylic acids is 1. The third-order valence-corrected chi connectivity index (χ3v) is 2.68. The lowest BCUT2D eigenvalue weighted by Crippen LogP contribution is -2.24. The number of carbonyl (C=O) groups is 1. The van der Waals surface area contributed by atoms with E-state index in [0.717, 1.165) is 24.3 Å². The number of ether oxygens (including phenoxy) is 1. The summed E-state index contributed by atoms with van der Waals surface area (Å²) >= 11 is 0. The number of hydrogen-bond donors (Lipinski definition) is 1. The molecule has 0 aliphatic carbocycles. The van der Waals surface area contributed by atoms with E-state index < -0.39 is 0 Å². The molecule has 0 aromatic heterocycles. The van der Waals surface area contributed by atoms with Crippen LogP contribution in [0.4, 0.5) is 0 Å². The van der Waals surface area contributed by atoms with E-state index in [1.54, 1.807) is 0 Å². The highest BCUT2D eigenvalue weighted by atomic mass is 16.5. The van der Waals surface area contributed by atoms with Gasteiger partial charge in [-0.05, 0) is 51.1 Å². The van der Waals surface area contributed by atoms with Crippen LogP contribution in [0.5, 0.6) is 5.75 Å². The van der Waals surface area contributed by atoms with Crippen LogP contribution in [0.25, 0.3) is 0 Å². The van der Waals surface area contributed by atoms with Gasteiger partial charge in [-0.15, -0.1) is 0 Å². The normalized spacial score (nSPS) is 11.1. The summed E-state index contributed by atoms with van der Waals surface area (Å²) in [5.41, 5.74) is 0.764. The van der Waals surface area contributed by atoms with Gasteiger partial charge in [0, 0.05) is 18.0 Å². The van der Waals surface area contributed by atoms with Crippen molar-refractivity contribution in [1.82, 2.24) is 5.32 Å². The molecule has 1 rings (SSSR count). The molecular formula is C16H25NO2. The molecule has 1 N–H and O–H groups in total. The zero-order chi connectivity index (χ0) is 14.3. The fourth-order valence-electron chi connectivity index (χ4n) is 1.78. The summed E-state index contributed by atoms with van der Waals surface area (Å²) in [5, 5.41) is 3.31. The predicted molar refractivity (Wildman–Crippen MR) is 78.9 cm³/mol. The summed E-state index contributed by atoms with van der Waals surface area (Å²) in [6.07, 6.45) is 1.62. The van der Waals surface area contributed by atoms with E-state index in [0.29, 0.717) is 12.5 Å². The van der Waals surface area contributed by atoms with Gasteiger partial charge in [0.05, 0.1) is 6.10 Å². The van der Waals surface area contributed by atoms with Gasteiger partial charge in [0.25, 0.3) is 0 Å². The van der Waals surface area contributed by atoms with Crippen LogP contribution in [0, 0.1) is 0 Å². The average molecular weight is 263 g/mol. The number of Topliss-reactive ketones (excluding diaryl/α,β-unsaturated/α-hetero) is 1. The molecule has 0 atom stereocenters. The molecule has 0 aliphatic rings. The van der Waals surface area contributed by atoms with E-state index >= 15 is 0 Å². The van der Waals surface area contributed by atoms with Crippen LogP contribution >= 0.6 is 0 Å². The molecule has 0 amide bonds. The standard InChI is InChI=1S/C16H25NO2/c1-12(2)17-11-5-6-16(18)14-7-9-15(10-8-14)19-13(3)4/h7-10,12-13,17H,5-6,11H2,1-4H3. The van der Waals surface area contributed by atoms with Crippen LogP contribution in [0.15, 0.2) is 24.3 Å². The van der Waals surface area contributed by atoms with Gasteiger partial charge < -0.3 is 10.1 Å². The Balaban J connectivity index is 2.40. The third kappa shape index (κ3) is 6.39. The molecule has 0 radical (unpaired) electrons. The van der Waals surface area contributed by atoms with Crippen molar-refractivity contribution in [3.05, 3.63) is 29.8 Å². The van der Waals surface area contributed by atoms with E-state index in [-0.39, 0.29) is 11.9 Å². The van der Waals surface area contributed by atoms with Gasteiger partial charge in [-0.2, -0.15) is 0 Å². The van der Waals surface area contributed by atoms with E-state index in [1.807, 2.05) is 38.1 Å². The van der Waals surface area contributed by atoms with Crippen LogP contribution in [-0.2, 0) is 0 Å². The smallest absolute Gasteiger partial charge is 0.162 e. The maximum Gasteiger partial charge on any atom is 0.162 e. The lowest BCUT2D eigenvalue weighted by molar-refractivity contribution is 0.0979. The van der Waals surface area contributed by atoms with E-state index in [1.165, 1.54) is 0 Å². The minimum atomic E-state index is 0.156. The molecule has 0 fully saturated rings. The van der Waals surface area contributed by atoms with E-state index in [9.17, 15) is 4.79 Å². The van der Waals surface area contributed by atoms with Crippen molar-refractivity contribution in [3.8, 4) is 5.75 Å². The first-order chi connectivity index (χ1) is 8.99. The van der Waals surface area contributed by atoms with Crippen molar-refractivity contribution in [2.24, 2.45) is 0 Å². The molecule has 106 valence electrons. The molecule has 0 heterocycles. The largest absolute Gasteiger partial charge is 0.491 e. The maximum atomic E-state index is 12.0. The van der Waals surface area contributed by atoms with Crippen molar-refractivity contribution in [1.29, 1.82) is 0 Å². The zero-order valence-electron chi connectivity index (χ0n) is 12.4. The molecule has 0 saturated heterocycles. The molecule has 3 nitrogen and oxygen atoms in total. The summed E-state index contributed by atoms with van der Waals surface area (Å²) in [6, 6.07) is 7.88. The van der Waals surface area contributed by atoms with Crippen LogP contribution in [0.3, 0.4) is 0 Å². The third-order valence-electron chi connectivity index (χ3n) is 2.68. The first-order valence-electron chi connectivity index (χ1n) is 7.02. The number of ketones is 1. The Morgan fingerprint density at radius 2 is 1.79 bits per heavy atom. The van der Waals surface area contributed by atoms with Crippen LogP contribution in [-0.4, -0.2) is 24.5 Å². The average Bonchev–Trinajstić information content (AvgIpc) is 2.34. The number of hydrogen-bond acceptors (Lipinski definition) is 3. The molecule has 1 aromatic rings. The highest BCUT2D eigenvalue weighted by Crippen LogP contribution is 2.15. The fraction of sp³-hybridized carbons (Fsp3) is 0.562. The van der Waals surface area contributed by atoms with E-state index in [2.05, 4.69) is 19.2 Å². The Hall–Kier alpha value is -1.35. The van der Waals surface area contributed by atoms with Gasteiger partial charge >= 0.3 is 0 Å². The first kappa shape index (κ1) is 15.7. The molecule has 0 saturated carbocycles. The summed E-state index contributed by atoms with van der Waals surface area (Å²) in [4.78, 5) is 12.0. The monoisotopic (exact) mass is 263 g/mol. The quantitative estimate of drug-likeness (QED) is 0.577. The topological polar surface area (TPSA) is 38.3 Å². The molecule has 0 unspecified atom stereocenters. The second kappa shape index (κ2) is 7.95. The Kier molecular flexibility index (Phi) is 6.57. The maximum absolute atomic E-state index is 12.0. The zero-order valence-corrected chi connectivity index (χ0v) is 12.4. The van der Waals surface area contributed by atoms with Crippen molar-refractivity contribution < 1.29 is 9.53 Å². The van der Waals surface area contributed by atoms with Crippen LogP contribution < -0.4 is 10.1 Å². The summed E-state index contributed by atoms with van der Waals surface area (Å²) in [5.74, 6) is 1.01. The number of benzene rings is 1. The van der Waals surface area contributed by atoms with Crippen LogP contribution in [0.1, 0.15) is 50.9 Å². The van der Waals surface area contributed by atoms with Crippen molar-refractivity contribution >= 4 is 5.78 Å². The minimum absolute atomic E-state index is 0.156. The highest BCUT2D eigenvalue weighted by molar-refractivity contribution is 5.96. The summed E-state index contributed by atoms with van der Waals surface area (Å²) < 4.78 is 5.55. The Morgan fingerprint density at radius 3 is 2.32 bits per heavy atom. The Bertz CT molecular complexity index is 382. The van der Waals surface area contributed by atoms with Gasteiger partial charge in [-0.25, -0.2) is 0 Å². The molecule has 19 heavy (non-hydrogen) atoms. The highest BCUT2D eigenvalue weighted by Gasteiger charge is 2.06. The van der Waals surface area contributed by atoms with Crippen molar-refractivity contribution in [2.45, 2.75) is 52.7 Å². The Labute approximate surface area is 116 Å².